The van der Waals surface area contributed by atoms with Gasteiger partial charge in [0, 0.05) is 6.04 Å². The van der Waals surface area contributed by atoms with Crippen LogP contribution in [0.4, 0.5) is 0 Å². The molecule has 19 heavy (non-hydrogen) atoms. The third-order valence-corrected chi connectivity index (χ3v) is 3.88. The van der Waals surface area contributed by atoms with Gasteiger partial charge in [0.2, 0.25) is 0 Å². The van der Waals surface area contributed by atoms with Gasteiger partial charge in [-0.2, -0.15) is 0 Å². The van der Waals surface area contributed by atoms with Gasteiger partial charge in [0.05, 0.1) is 0 Å². The Morgan fingerprint density at radius 3 is 2.05 bits per heavy atom. The average molecular weight is 271 g/mol. The van der Waals surface area contributed by atoms with Crippen molar-refractivity contribution in [2.24, 2.45) is 11.8 Å². The number of hydrogen-bond donors (Lipinski definition) is 1. The second kappa shape index (κ2) is 10.6. The highest BCUT2D eigenvalue weighted by molar-refractivity contribution is 4.74. The van der Waals surface area contributed by atoms with Crippen molar-refractivity contribution in [2.75, 3.05) is 46.8 Å². The van der Waals surface area contributed by atoms with Gasteiger partial charge in [-0.1, -0.05) is 27.7 Å². The molecule has 0 saturated heterocycles. The number of nitrogens with one attached hydrogen (secondary N) is 1. The second-order valence-corrected chi connectivity index (χ2v) is 6.56. The Morgan fingerprint density at radius 2 is 1.58 bits per heavy atom. The van der Waals surface area contributed by atoms with Crippen molar-refractivity contribution < 1.29 is 0 Å². The molecule has 2 atom stereocenters. The minimum absolute atomic E-state index is 0.659. The molecule has 0 spiro atoms. The molecule has 3 heteroatoms. The summed E-state index contributed by atoms with van der Waals surface area (Å²) < 4.78 is 0. The Kier molecular flexibility index (Phi) is 10.6. The Bertz CT molecular complexity index is 204. The van der Waals surface area contributed by atoms with E-state index in [1.807, 2.05) is 0 Å². The van der Waals surface area contributed by atoms with Crippen molar-refractivity contribution in [2.45, 2.75) is 47.1 Å². The van der Waals surface area contributed by atoms with Crippen molar-refractivity contribution in [1.82, 2.24) is 15.1 Å². The molecule has 0 radical (unpaired) electrons. The Morgan fingerprint density at radius 1 is 0.947 bits per heavy atom. The molecule has 0 aromatic rings. The highest BCUT2D eigenvalue weighted by atomic mass is 15.2. The Labute approximate surface area is 121 Å². The number of nitrogens with zero attached hydrogens (tertiary/aromatic N) is 2. The fourth-order valence-corrected chi connectivity index (χ4v) is 2.37. The summed E-state index contributed by atoms with van der Waals surface area (Å²) in [4.78, 5) is 4.89. The van der Waals surface area contributed by atoms with Crippen molar-refractivity contribution in [3.63, 3.8) is 0 Å². The summed E-state index contributed by atoms with van der Waals surface area (Å²) in [5.74, 6) is 1.45. The van der Waals surface area contributed by atoms with E-state index < -0.39 is 0 Å². The zero-order valence-electron chi connectivity index (χ0n) is 14.4. The third-order valence-electron chi connectivity index (χ3n) is 3.88. The maximum atomic E-state index is 3.58. The van der Waals surface area contributed by atoms with Crippen LogP contribution in [0.5, 0.6) is 0 Å². The monoisotopic (exact) mass is 271 g/mol. The Hall–Kier alpha value is -0.120. The maximum Gasteiger partial charge on any atom is 0.0105 e. The van der Waals surface area contributed by atoms with Crippen LogP contribution in [0.15, 0.2) is 0 Å². The van der Waals surface area contributed by atoms with Crippen LogP contribution < -0.4 is 5.32 Å². The van der Waals surface area contributed by atoms with Crippen LogP contribution in [0.3, 0.4) is 0 Å². The van der Waals surface area contributed by atoms with E-state index in [0.29, 0.717) is 12.0 Å². The zero-order valence-corrected chi connectivity index (χ0v) is 14.4. The lowest BCUT2D eigenvalue weighted by atomic mass is 10.0. The van der Waals surface area contributed by atoms with E-state index in [4.69, 9.17) is 0 Å². The van der Waals surface area contributed by atoms with Crippen LogP contribution in [0.25, 0.3) is 0 Å². The second-order valence-electron chi connectivity index (χ2n) is 6.56. The largest absolute Gasteiger partial charge is 0.316 e. The summed E-state index contributed by atoms with van der Waals surface area (Å²) >= 11 is 0. The van der Waals surface area contributed by atoms with Crippen molar-refractivity contribution in [3.8, 4) is 0 Å². The fraction of sp³-hybridized carbons (Fsp3) is 1.00. The average Bonchev–Trinajstić information content (AvgIpc) is 2.33. The normalized spacial score (nSPS) is 15.5. The van der Waals surface area contributed by atoms with Gasteiger partial charge in [0.25, 0.3) is 0 Å². The van der Waals surface area contributed by atoms with E-state index in [1.165, 1.54) is 19.5 Å². The predicted molar refractivity (Wildman–Crippen MR) is 86.8 cm³/mol. The van der Waals surface area contributed by atoms with Crippen LogP contribution >= 0.6 is 0 Å². The quantitative estimate of drug-likeness (QED) is 0.623. The first-order chi connectivity index (χ1) is 8.88. The molecule has 0 rings (SSSR count). The van der Waals surface area contributed by atoms with Crippen LogP contribution in [-0.2, 0) is 0 Å². The van der Waals surface area contributed by atoms with Gasteiger partial charge in [0.15, 0.2) is 0 Å². The van der Waals surface area contributed by atoms with Crippen LogP contribution in [0, 0.1) is 11.8 Å². The minimum Gasteiger partial charge on any atom is -0.316 e. The summed E-state index contributed by atoms with van der Waals surface area (Å²) in [5.41, 5.74) is 0. The van der Waals surface area contributed by atoms with Crippen molar-refractivity contribution in [3.05, 3.63) is 0 Å². The van der Waals surface area contributed by atoms with Crippen LogP contribution in [0.2, 0.25) is 0 Å². The van der Waals surface area contributed by atoms with Crippen molar-refractivity contribution in [1.29, 1.82) is 0 Å². The van der Waals surface area contributed by atoms with Gasteiger partial charge in [0.1, 0.15) is 0 Å². The van der Waals surface area contributed by atoms with Gasteiger partial charge in [-0.3, -0.25) is 0 Å². The molecule has 0 aliphatic heterocycles. The molecule has 116 valence electrons. The predicted octanol–water partition coefficient (Wildman–Crippen LogP) is 2.53. The summed E-state index contributed by atoms with van der Waals surface area (Å²) in [5, 5.41) is 3.58. The molecule has 3 nitrogen and oxygen atoms in total. The Balaban J connectivity index is 3.99. The van der Waals surface area contributed by atoms with Gasteiger partial charge < -0.3 is 15.1 Å². The summed E-state index contributed by atoms with van der Waals surface area (Å²) in [6, 6.07) is 0.659. The molecule has 0 bridgehead atoms. The number of hydrogen-bond acceptors (Lipinski definition) is 3. The molecular weight excluding hydrogens is 234 g/mol. The number of rotatable bonds is 11. The molecule has 0 aromatic carbocycles. The SMILES string of the molecule is CCN(CCCN(C)C)C(C)C(C)CNCC(C)C. The van der Waals surface area contributed by atoms with Gasteiger partial charge in [-0.25, -0.2) is 0 Å². The highest BCUT2D eigenvalue weighted by Gasteiger charge is 2.18. The summed E-state index contributed by atoms with van der Waals surface area (Å²) in [6.07, 6.45) is 1.26. The molecule has 0 amide bonds. The molecule has 0 saturated carbocycles. The van der Waals surface area contributed by atoms with E-state index in [0.717, 1.165) is 25.6 Å². The van der Waals surface area contributed by atoms with Crippen LogP contribution in [0.1, 0.15) is 41.0 Å². The lowest BCUT2D eigenvalue weighted by Gasteiger charge is -2.33. The van der Waals surface area contributed by atoms with Crippen molar-refractivity contribution >= 4 is 0 Å². The molecule has 2 unspecified atom stereocenters. The van der Waals surface area contributed by atoms with E-state index in [9.17, 15) is 0 Å². The zero-order chi connectivity index (χ0) is 14.8. The molecule has 0 fully saturated rings. The topological polar surface area (TPSA) is 18.5 Å². The third kappa shape index (κ3) is 9.42. The lowest BCUT2D eigenvalue weighted by Crippen LogP contribution is -2.42. The molecular formula is C16H37N3. The van der Waals surface area contributed by atoms with Gasteiger partial charge in [-0.15, -0.1) is 0 Å². The van der Waals surface area contributed by atoms with Crippen LogP contribution in [-0.4, -0.2) is 62.7 Å². The highest BCUT2D eigenvalue weighted by Crippen LogP contribution is 2.11. The van der Waals surface area contributed by atoms with E-state index >= 15 is 0 Å². The first-order valence-corrected chi connectivity index (χ1v) is 7.97. The van der Waals surface area contributed by atoms with E-state index in [2.05, 4.69) is 63.8 Å². The fourth-order valence-electron chi connectivity index (χ4n) is 2.37. The molecule has 0 aliphatic carbocycles. The summed E-state index contributed by atoms with van der Waals surface area (Å²) in [6.45, 7) is 17.4. The van der Waals surface area contributed by atoms with E-state index in [1.54, 1.807) is 0 Å². The maximum absolute atomic E-state index is 3.58. The van der Waals surface area contributed by atoms with Gasteiger partial charge >= 0.3 is 0 Å². The first kappa shape index (κ1) is 18.9. The molecule has 0 aliphatic rings. The molecule has 1 N–H and O–H groups in total. The lowest BCUT2D eigenvalue weighted by molar-refractivity contribution is 0.160. The van der Waals surface area contributed by atoms with Gasteiger partial charge in [-0.05, 0) is 72.0 Å². The molecule has 0 aromatic heterocycles. The minimum atomic E-state index is 0.659. The first-order valence-electron chi connectivity index (χ1n) is 7.97. The standard InChI is InChI=1S/C16H37N3/c1-8-19(11-9-10-18(6)7)16(5)15(4)13-17-12-14(2)3/h14-17H,8-13H2,1-7H3. The smallest absolute Gasteiger partial charge is 0.0105 e. The molecule has 0 heterocycles. The van der Waals surface area contributed by atoms with E-state index in [-0.39, 0.29) is 0 Å². The summed E-state index contributed by atoms with van der Waals surface area (Å²) in [7, 11) is 4.30.